The maximum absolute atomic E-state index is 10.3. The maximum Gasteiger partial charge on any atom is 0.0802 e. The molecule has 0 spiro atoms. The number of nitrogens with zero attached hydrogens (tertiary/aromatic N) is 2. The molecule has 0 aromatic heterocycles. The first-order valence-corrected chi connectivity index (χ1v) is 8.43. The molecule has 2 atom stereocenters. The number of rotatable bonds is 4. The van der Waals surface area contributed by atoms with Gasteiger partial charge in [-0.2, -0.15) is 0 Å². The largest absolute Gasteiger partial charge is 0.388 e. The molecule has 2 aliphatic heterocycles. The summed E-state index contributed by atoms with van der Waals surface area (Å²) in [6, 6.07) is 9.04. The van der Waals surface area contributed by atoms with Crippen LogP contribution >= 0.6 is 0 Å². The van der Waals surface area contributed by atoms with Crippen molar-refractivity contribution in [3.05, 3.63) is 35.4 Å². The summed E-state index contributed by atoms with van der Waals surface area (Å²) in [6.45, 7) is 7.97. The monoisotopic (exact) mass is 288 g/mol. The van der Waals surface area contributed by atoms with Gasteiger partial charge < -0.3 is 10.0 Å². The number of hydrogen-bond acceptors (Lipinski definition) is 3. The van der Waals surface area contributed by atoms with Gasteiger partial charge in [-0.15, -0.1) is 0 Å². The number of aliphatic hydroxyl groups is 1. The van der Waals surface area contributed by atoms with Crippen molar-refractivity contribution in [2.45, 2.75) is 44.8 Å². The number of aliphatic hydroxyl groups excluding tert-OH is 1. The highest BCUT2D eigenvalue weighted by Crippen LogP contribution is 2.23. The molecule has 2 aliphatic rings. The molecule has 2 heterocycles. The lowest BCUT2D eigenvalue weighted by molar-refractivity contribution is 0.0405. The third kappa shape index (κ3) is 3.85. The fourth-order valence-corrected chi connectivity index (χ4v) is 3.68. The van der Waals surface area contributed by atoms with Crippen LogP contribution in [0.2, 0.25) is 0 Å². The molecule has 0 radical (unpaired) electrons. The highest BCUT2D eigenvalue weighted by molar-refractivity contribution is 5.23. The summed E-state index contributed by atoms with van der Waals surface area (Å²) >= 11 is 0. The zero-order valence-electron chi connectivity index (χ0n) is 13.2. The molecule has 1 aromatic carbocycles. The van der Waals surface area contributed by atoms with Crippen molar-refractivity contribution in [1.82, 2.24) is 9.80 Å². The van der Waals surface area contributed by atoms with Gasteiger partial charge in [0, 0.05) is 32.2 Å². The Morgan fingerprint density at radius 2 is 1.95 bits per heavy atom. The second-order valence-electron chi connectivity index (χ2n) is 6.70. The van der Waals surface area contributed by atoms with E-state index >= 15 is 0 Å². The van der Waals surface area contributed by atoms with Gasteiger partial charge in [-0.3, -0.25) is 4.90 Å². The quantitative estimate of drug-likeness (QED) is 0.922. The van der Waals surface area contributed by atoms with Crippen molar-refractivity contribution >= 4 is 0 Å². The minimum absolute atomic E-state index is 0.324. The van der Waals surface area contributed by atoms with E-state index in [4.69, 9.17) is 0 Å². The van der Waals surface area contributed by atoms with Crippen molar-refractivity contribution < 1.29 is 5.11 Å². The lowest BCUT2D eigenvalue weighted by Gasteiger charge is -2.44. The smallest absolute Gasteiger partial charge is 0.0802 e. The first-order chi connectivity index (χ1) is 10.2. The van der Waals surface area contributed by atoms with E-state index in [2.05, 4.69) is 41.0 Å². The summed E-state index contributed by atoms with van der Waals surface area (Å²) in [5, 5.41) is 10.3. The van der Waals surface area contributed by atoms with Crippen molar-refractivity contribution in [3.8, 4) is 0 Å². The Labute approximate surface area is 128 Å². The van der Waals surface area contributed by atoms with Gasteiger partial charge in [0.25, 0.3) is 0 Å². The van der Waals surface area contributed by atoms with E-state index in [1.807, 2.05) is 0 Å². The summed E-state index contributed by atoms with van der Waals surface area (Å²) < 4.78 is 0. The molecule has 2 fully saturated rings. The second kappa shape index (κ2) is 6.91. The van der Waals surface area contributed by atoms with Gasteiger partial charge in [-0.1, -0.05) is 36.2 Å². The maximum atomic E-state index is 10.3. The Kier molecular flexibility index (Phi) is 4.94. The van der Waals surface area contributed by atoms with Crippen LogP contribution in [0.1, 0.15) is 42.9 Å². The molecular weight excluding hydrogens is 260 g/mol. The molecule has 1 N–H and O–H groups in total. The first kappa shape index (κ1) is 15.0. The minimum atomic E-state index is -0.324. The summed E-state index contributed by atoms with van der Waals surface area (Å²) in [7, 11) is 0. The molecule has 1 aromatic rings. The summed E-state index contributed by atoms with van der Waals surface area (Å²) in [5.74, 6) is 0. The van der Waals surface area contributed by atoms with Crippen LogP contribution in [0.5, 0.6) is 0 Å². The van der Waals surface area contributed by atoms with E-state index in [9.17, 15) is 5.11 Å². The molecule has 2 saturated heterocycles. The SMILES string of the molecule is Cc1ccc(C(O)CCN2CCN3CCCCC3C2)cc1. The van der Waals surface area contributed by atoms with Gasteiger partial charge in [0.05, 0.1) is 6.10 Å². The van der Waals surface area contributed by atoms with Gasteiger partial charge in [0.1, 0.15) is 0 Å². The lowest BCUT2D eigenvalue weighted by atomic mass is 9.99. The molecule has 2 unspecified atom stereocenters. The average Bonchev–Trinajstić information content (AvgIpc) is 2.53. The zero-order valence-corrected chi connectivity index (χ0v) is 13.2. The molecule has 0 saturated carbocycles. The van der Waals surface area contributed by atoms with Crippen molar-refractivity contribution in [2.24, 2.45) is 0 Å². The predicted molar refractivity (Wildman–Crippen MR) is 86.4 cm³/mol. The minimum Gasteiger partial charge on any atom is -0.388 e. The molecular formula is C18H28N2O. The second-order valence-corrected chi connectivity index (χ2v) is 6.70. The predicted octanol–water partition coefficient (Wildman–Crippen LogP) is 2.59. The number of aryl methyl sites for hydroxylation is 1. The van der Waals surface area contributed by atoms with E-state index < -0.39 is 0 Å². The molecule has 116 valence electrons. The van der Waals surface area contributed by atoms with Gasteiger partial charge in [0.2, 0.25) is 0 Å². The fraction of sp³-hybridized carbons (Fsp3) is 0.667. The third-order valence-electron chi connectivity index (χ3n) is 5.10. The van der Waals surface area contributed by atoms with Crippen molar-refractivity contribution in [2.75, 3.05) is 32.7 Å². The Bertz CT molecular complexity index is 445. The molecule has 0 amide bonds. The van der Waals surface area contributed by atoms with Crippen molar-refractivity contribution in [3.63, 3.8) is 0 Å². The Morgan fingerprint density at radius 1 is 1.14 bits per heavy atom. The van der Waals surface area contributed by atoms with Crippen LogP contribution in [0.25, 0.3) is 0 Å². The molecule has 0 bridgehead atoms. The highest BCUT2D eigenvalue weighted by atomic mass is 16.3. The number of fused-ring (bicyclic) bond motifs is 1. The van der Waals surface area contributed by atoms with Gasteiger partial charge >= 0.3 is 0 Å². The van der Waals surface area contributed by atoms with Crippen LogP contribution in [-0.4, -0.2) is 53.7 Å². The third-order valence-corrected chi connectivity index (χ3v) is 5.10. The number of hydrogen-bond donors (Lipinski definition) is 1. The molecule has 3 nitrogen and oxygen atoms in total. The average molecular weight is 288 g/mol. The van der Waals surface area contributed by atoms with Crippen LogP contribution in [0.15, 0.2) is 24.3 Å². The number of benzene rings is 1. The summed E-state index contributed by atoms with van der Waals surface area (Å²) in [4.78, 5) is 5.21. The topological polar surface area (TPSA) is 26.7 Å². The van der Waals surface area contributed by atoms with Crippen LogP contribution in [0.4, 0.5) is 0 Å². The zero-order chi connectivity index (χ0) is 14.7. The van der Waals surface area contributed by atoms with Gasteiger partial charge in [-0.25, -0.2) is 0 Å². The Hall–Kier alpha value is -0.900. The normalized spacial score (nSPS) is 25.5. The fourth-order valence-electron chi connectivity index (χ4n) is 3.68. The van der Waals surface area contributed by atoms with Crippen LogP contribution < -0.4 is 0 Å². The van der Waals surface area contributed by atoms with E-state index in [1.54, 1.807) is 0 Å². The Balaban J connectivity index is 1.47. The molecule has 3 rings (SSSR count). The molecule has 0 aliphatic carbocycles. The molecule has 21 heavy (non-hydrogen) atoms. The first-order valence-electron chi connectivity index (χ1n) is 8.43. The van der Waals surface area contributed by atoms with Gasteiger partial charge in [0.15, 0.2) is 0 Å². The lowest BCUT2D eigenvalue weighted by Crippen LogP contribution is -2.54. The summed E-state index contributed by atoms with van der Waals surface area (Å²) in [5.41, 5.74) is 2.30. The number of piperazine rings is 1. The Morgan fingerprint density at radius 3 is 2.76 bits per heavy atom. The number of piperidine rings is 1. The standard InChI is InChI=1S/C18H28N2O/c1-15-5-7-16(8-6-15)18(21)9-11-19-12-13-20-10-3-2-4-17(20)14-19/h5-8,17-18,21H,2-4,9-14H2,1H3. The van der Waals surface area contributed by atoms with Crippen LogP contribution in [0, 0.1) is 6.92 Å². The van der Waals surface area contributed by atoms with E-state index in [0.717, 1.165) is 31.1 Å². The van der Waals surface area contributed by atoms with Gasteiger partial charge in [-0.05, 0) is 38.3 Å². The highest BCUT2D eigenvalue weighted by Gasteiger charge is 2.28. The van der Waals surface area contributed by atoms with E-state index in [-0.39, 0.29) is 6.10 Å². The molecule has 3 heteroatoms. The summed E-state index contributed by atoms with van der Waals surface area (Å²) in [6.07, 6.45) is 4.64. The van der Waals surface area contributed by atoms with Crippen molar-refractivity contribution in [1.29, 1.82) is 0 Å². The van der Waals surface area contributed by atoms with Crippen LogP contribution in [-0.2, 0) is 0 Å². The van der Waals surface area contributed by atoms with E-state index in [0.29, 0.717) is 0 Å². The van der Waals surface area contributed by atoms with E-state index in [1.165, 1.54) is 44.5 Å². The van der Waals surface area contributed by atoms with Crippen LogP contribution in [0.3, 0.4) is 0 Å².